The summed E-state index contributed by atoms with van der Waals surface area (Å²) in [5.41, 5.74) is 0.957. The molecule has 21 heavy (non-hydrogen) atoms. The minimum absolute atomic E-state index is 0.0372. The summed E-state index contributed by atoms with van der Waals surface area (Å²) in [6.07, 6.45) is 9.30. The average molecular weight is 290 g/mol. The predicted octanol–water partition coefficient (Wildman–Crippen LogP) is 2.32. The van der Waals surface area contributed by atoms with Crippen molar-refractivity contribution in [1.29, 1.82) is 0 Å². The Bertz CT molecular complexity index is 416. The van der Waals surface area contributed by atoms with Crippen LogP contribution in [0.2, 0.25) is 0 Å². The molecule has 2 N–H and O–H groups in total. The van der Waals surface area contributed by atoms with Crippen molar-refractivity contribution in [3.63, 3.8) is 0 Å². The quantitative estimate of drug-likeness (QED) is 0.810. The van der Waals surface area contributed by atoms with Gasteiger partial charge in [-0.15, -0.1) is 0 Å². The van der Waals surface area contributed by atoms with E-state index in [2.05, 4.69) is 10.3 Å². The van der Waals surface area contributed by atoms with Crippen LogP contribution in [0, 0.1) is 11.8 Å². The van der Waals surface area contributed by atoms with Gasteiger partial charge in [-0.3, -0.25) is 9.78 Å². The lowest BCUT2D eigenvalue weighted by atomic mass is 9.87. The van der Waals surface area contributed by atoms with Crippen LogP contribution >= 0.6 is 0 Å². The van der Waals surface area contributed by atoms with Crippen molar-refractivity contribution < 1.29 is 9.90 Å². The van der Waals surface area contributed by atoms with E-state index in [9.17, 15) is 9.90 Å². The van der Waals surface area contributed by atoms with Gasteiger partial charge in [0.2, 0.25) is 5.91 Å². The van der Waals surface area contributed by atoms with Crippen LogP contribution in [-0.4, -0.2) is 29.1 Å². The first-order valence-corrected chi connectivity index (χ1v) is 8.05. The molecule has 116 valence electrons. The Labute approximate surface area is 127 Å². The Morgan fingerprint density at radius 2 is 2.14 bits per heavy atom. The highest BCUT2D eigenvalue weighted by molar-refractivity contribution is 5.76. The van der Waals surface area contributed by atoms with Gasteiger partial charge in [0.15, 0.2) is 0 Å². The van der Waals surface area contributed by atoms with Crippen LogP contribution in [0.15, 0.2) is 24.4 Å². The maximum atomic E-state index is 12.0. The number of hydrogen-bond donors (Lipinski definition) is 2. The van der Waals surface area contributed by atoms with E-state index in [1.807, 2.05) is 18.2 Å². The molecule has 4 nitrogen and oxygen atoms in total. The third-order valence-corrected chi connectivity index (χ3v) is 4.27. The molecule has 1 atom stereocenters. The van der Waals surface area contributed by atoms with Gasteiger partial charge < -0.3 is 10.4 Å². The molecule has 1 saturated carbocycles. The number of rotatable bonds is 7. The van der Waals surface area contributed by atoms with E-state index >= 15 is 0 Å². The van der Waals surface area contributed by atoms with Gasteiger partial charge >= 0.3 is 0 Å². The number of aromatic nitrogens is 1. The molecule has 2 rings (SSSR count). The number of aliphatic hydroxyl groups excluding tert-OH is 1. The van der Waals surface area contributed by atoms with Gasteiger partial charge in [-0.05, 0) is 37.3 Å². The van der Waals surface area contributed by atoms with Crippen molar-refractivity contribution in [2.45, 2.75) is 44.9 Å². The van der Waals surface area contributed by atoms with E-state index in [-0.39, 0.29) is 18.4 Å². The molecular weight excluding hydrogens is 264 g/mol. The first-order valence-electron chi connectivity index (χ1n) is 8.05. The molecule has 0 aromatic carbocycles. The fourth-order valence-corrected chi connectivity index (χ4v) is 3.00. The van der Waals surface area contributed by atoms with Crippen LogP contribution in [0.1, 0.15) is 44.2 Å². The van der Waals surface area contributed by atoms with Gasteiger partial charge in [0.05, 0.1) is 0 Å². The number of carbonyl (C=O) groups is 1. The highest BCUT2D eigenvalue weighted by atomic mass is 16.3. The lowest BCUT2D eigenvalue weighted by Gasteiger charge is -2.21. The van der Waals surface area contributed by atoms with E-state index in [1.54, 1.807) is 6.20 Å². The topological polar surface area (TPSA) is 62.2 Å². The molecule has 0 bridgehead atoms. The van der Waals surface area contributed by atoms with E-state index in [0.29, 0.717) is 25.3 Å². The van der Waals surface area contributed by atoms with Gasteiger partial charge in [0.1, 0.15) is 0 Å². The van der Waals surface area contributed by atoms with Crippen LogP contribution in [0.4, 0.5) is 0 Å². The second-order valence-electron chi connectivity index (χ2n) is 6.09. The Balaban J connectivity index is 1.70. The number of aliphatic hydroxyl groups is 1. The van der Waals surface area contributed by atoms with E-state index in [0.717, 1.165) is 5.69 Å². The molecule has 0 saturated heterocycles. The maximum Gasteiger partial charge on any atom is 0.220 e. The van der Waals surface area contributed by atoms with E-state index in [4.69, 9.17) is 0 Å². The summed E-state index contributed by atoms with van der Waals surface area (Å²) >= 11 is 0. The minimum atomic E-state index is 0.0372. The summed E-state index contributed by atoms with van der Waals surface area (Å²) in [5.74, 6) is 0.721. The van der Waals surface area contributed by atoms with Crippen LogP contribution in [0.5, 0.6) is 0 Å². The Kier molecular flexibility index (Phi) is 6.67. The fraction of sp³-hybridized carbons (Fsp3) is 0.647. The maximum absolute atomic E-state index is 12.0. The lowest BCUT2D eigenvalue weighted by molar-refractivity contribution is -0.122. The summed E-state index contributed by atoms with van der Waals surface area (Å²) in [6.45, 7) is 0.596. The molecule has 1 aliphatic carbocycles. The Hall–Kier alpha value is -1.42. The molecule has 4 heteroatoms. The summed E-state index contributed by atoms with van der Waals surface area (Å²) < 4.78 is 0. The second-order valence-corrected chi connectivity index (χ2v) is 6.09. The fourth-order valence-electron chi connectivity index (χ4n) is 3.00. The predicted molar refractivity (Wildman–Crippen MR) is 82.7 cm³/mol. The third kappa shape index (κ3) is 5.84. The summed E-state index contributed by atoms with van der Waals surface area (Å²) in [6, 6.07) is 5.77. The zero-order valence-corrected chi connectivity index (χ0v) is 12.6. The van der Waals surface area contributed by atoms with Gasteiger partial charge in [-0.25, -0.2) is 0 Å². The first-order chi connectivity index (χ1) is 10.3. The molecule has 1 aliphatic rings. The van der Waals surface area contributed by atoms with Crippen molar-refractivity contribution in [2.75, 3.05) is 13.2 Å². The van der Waals surface area contributed by atoms with Crippen LogP contribution < -0.4 is 5.32 Å². The normalized spacial score (nSPS) is 17.4. The molecule has 1 aromatic heterocycles. The van der Waals surface area contributed by atoms with Crippen LogP contribution in [0.3, 0.4) is 0 Å². The molecule has 0 spiro atoms. The molecule has 1 amide bonds. The number of amides is 1. The summed E-state index contributed by atoms with van der Waals surface area (Å²) in [7, 11) is 0. The van der Waals surface area contributed by atoms with Crippen molar-refractivity contribution in [1.82, 2.24) is 10.3 Å². The Morgan fingerprint density at radius 3 is 2.81 bits per heavy atom. The first kappa shape index (κ1) is 16.0. The van der Waals surface area contributed by atoms with E-state index in [1.165, 1.54) is 32.1 Å². The average Bonchev–Trinajstić information content (AvgIpc) is 2.53. The minimum Gasteiger partial charge on any atom is -0.396 e. The molecule has 0 aliphatic heterocycles. The van der Waals surface area contributed by atoms with Gasteiger partial charge in [-0.2, -0.15) is 0 Å². The zero-order chi connectivity index (χ0) is 14.9. The largest absolute Gasteiger partial charge is 0.396 e. The molecular formula is C17H26N2O2. The number of hydrogen-bond acceptors (Lipinski definition) is 3. The van der Waals surface area contributed by atoms with Gasteiger partial charge in [-0.1, -0.05) is 25.3 Å². The number of nitrogens with one attached hydrogen (secondary N) is 1. The van der Waals surface area contributed by atoms with Gasteiger partial charge in [0.25, 0.3) is 0 Å². The molecule has 0 radical (unpaired) electrons. The molecule has 1 aromatic rings. The molecule has 1 unspecified atom stereocenters. The monoisotopic (exact) mass is 290 g/mol. The second kappa shape index (κ2) is 8.78. The van der Waals surface area contributed by atoms with Crippen molar-refractivity contribution in [2.24, 2.45) is 11.8 Å². The van der Waals surface area contributed by atoms with Gasteiger partial charge in [0, 0.05) is 37.4 Å². The van der Waals surface area contributed by atoms with Crippen LogP contribution in [0.25, 0.3) is 0 Å². The molecule has 1 heterocycles. The number of carbonyl (C=O) groups excluding carboxylic acids is 1. The highest BCUT2D eigenvalue weighted by Crippen LogP contribution is 2.26. The van der Waals surface area contributed by atoms with Crippen molar-refractivity contribution >= 4 is 5.91 Å². The van der Waals surface area contributed by atoms with Crippen molar-refractivity contribution in [3.8, 4) is 0 Å². The summed E-state index contributed by atoms with van der Waals surface area (Å²) in [5, 5.41) is 12.4. The molecule has 1 fully saturated rings. The zero-order valence-electron chi connectivity index (χ0n) is 12.6. The third-order valence-electron chi connectivity index (χ3n) is 4.27. The van der Waals surface area contributed by atoms with Crippen LogP contribution in [-0.2, 0) is 11.2 Å². The SMILES string of the molecule is O=C(CC1CCCCC1)NCC(CO)Cc1ccccn1. The smallest absolute Gasteiger partial charge is 0.220 e. The van der Waals surface area contributed by atoms with Crippen molar-refractivity contribution in [3.05, 3.63) is 30.1 Å². The number of nitrogens with zero attached hydrogens (tertiary/aromatic N) is 1. The van der Waals surface area contributed by atoms with E-state index < -0.39 is 0 Å². The lowest BCUT2D eigenvalue weighted by Crippen LogP contribution is -2.33. The number of pyridine rings is 1. The Morgan fingerprint density at radius 1 is 1.33 bits per heavy atom. The highest BCUT2D eigenvalue weighted by Gasteiger charge is 2.18. The summed E-state index contributed by atoms with van der Waals surface area (Å²) in [4.78, 5) is 16.2. The standard InChI is InChI=1S/C17H26N2O2/c20-13-15(10-16-8-4-5-9-18-16)12-19-17(21)11-14-6-2-1-3-7-14/h4-5,8-9,14-15,20H,1-3,6-7,10-13H2,(H,19,21).